The minimum absolute atomic E-state index is 0.0464. The van der Waals surface area contributed by atoms with Crippen molar-refractivity contribution in [3.05, 3.63) is 29.6 Å². The molecule has 2 rings (SSSR count). The van der Waals surface area contributed by atoms with Gasteiger partial charge in [0.2, 0.25) is 11.8 Å². The summed E-state index contributed by atoms with van der Waals surface area (Å²) in [5, 5.41) is 2.61. The van der Waals surface area contributed by atoms with Gasteiger partial charge >= 0.3 is 0 Å². The van der Waals surface area contributed by atoms with E-state index in [-0.39, 0.29) is 24.4 Å². The van der Waals surface area contributed by atoms with Crippen molar-refractivity contribution < 1.29 is 9.59 Å². The van der Waals surface area contributed by atoms with Gasteiger partial charge in [0.15, 0.2) is 0 Å². The van der Waals surface area contributed by atoms with Crippen LogP contribution in [0, 0.1) is 6.92 Å². The SMILES string of the molecule is Cc1cncc(CN2C(=O)CNC(=O)CC2C)c1. The van der Waals surface area contributed by atoms with Crippen molar-refractivity contribution in [2.75, 3.05) is 6.54 Å². The number of rotatable bonds is 2. The highest BCUT2D eigenvalue weighted by Crippen LogP contribution is 2.13. The zero-order chi connectivity index (χ0) is 13.1. The quantitative estimate of drug-likeness (QED) is 0.833. The second kappa shape index (κ2) is 5.16. The number of aromatic nitrogens is 1. The molecule has 2 heterocycles. The Hall–Kier alpha value is -1.91. The van der Waals surface area contributed by atoms with E-state index in [0.717, 1.165) is 11.1 Å². The smallest absolute Gasteiger partial charge is 0.242 e. The molecule has 0 bridgehead atoms. The van der Waals surface area contributed by atoms with Crippen molar-refractivity contribution in [3.8, 4) is 0 Å². The molecule has 0 radical (unpaired) electrons. The number of pyridine rings is 1. The second-order valence-electron chi connectivity index (χ2n) is 4.72. The van der Waals surface area contributed by atoms with E-state index in [1.54, 1.807) is 17.3 Å². The summed E-state index contributed by atoms with van der Waals surface area (Å²) in [6.07, 6.45) is 3.89. The molecule has 1 aliphatic heterocycles. The molecule has 1 aromatic rings. The van der Waals surface area contributed by atoms with Crippen LogP contribution in [0.4, 0.5) is 0 Å². The van der Waals surface area contributed by atoms with Crippen LogP contribution in [-0.4, -0.2) is 34.3 Å². The molecule has 0 spiro atoms. The van der Waals surface area contributed by atoms with Crippen molar-refractivity contribution in [2.24, 2.45) is 0 Å². The number of nitrogens with zero attached hydrogens (tertiary/aromatic N) is 2. The highest BCUT2D eigenvalue weighted by molar-refractivity contribution is 5.87. The molecule has 0 aliphatic carbocycles. The number of amides is 2. The molecular formula is C13H17N3O2. The van der Waals surface area contributed by atoms with E-state index >= 15 is 0 Å². The van der Waals surface area contributed by atoms with Gasteiger partial charge in [0.25, 0.3) is 0 Å². The fraction of sp³-hybridized carbons (Fsp3) is 0.462. The van der Waals surface area contributed by atoms with E-state index in [0.29, 0.717) is 13.0 Å². The van der Waals surface area contributed by atoms with Crippen LogP contribution >= 0.6 is 0 Å². The van der Waals surface area contributed by atoms with E-state index in [1.165, 1.54) is 0 Å². The molecule has 1 unspecified atom stereocenters. The van der Waals surface area contributed by atoms with Gasteiger partial charge in [-0.15, -0.1) is 0 Å². The molecule has 5 nitrogen and oxygen atoms in total. The predicted octanol–water partition coefficient (Wildman–Crippen LogP) is 0.627. The largest absolute Gasteiger partial charge is 0.347 e. The lowest BCUT2D eigenvalue weighted by atomic mass is 10.1. The molecule has 1 atom stereocenters. The summed E-state index contributed by atoms with van der Waals surface area (Å²) in [4.78, 5) is 29.2. The number of hydrogen-bond donors (Lipinski definition) is 1. The van der Waals surface area contributed by atoms with Gasteiger partial charge in [-0.2, -0.15) is 0 Å². The van der Waals surface area contributed by atoms with Crippen LogP contribution in [0.2, 0.25) is 0 Å². The Morgan fingerprint density at radius 3 is 2.94 bits per heavy atom. The van der Waals surface area contributed by atoms with Crippen molar-refractivity contribution in [3.63, 3.8) is 0 Å². The first-order chi connectivity index (χ1) is 8.56. The molecule has 96 valence electrons. The van der Waals surface area contributed by atoms with Crippen LogP contribution in [0.1, 0.15) is 24.5 Å². The van der Waals surface area contributed by atoms with Gasteiger partial charge in [-0.3, -0.25) is 14.6 Å². The average molecular weight is 247 g/mol. The van der Waals surface area contributed by atoms with Gasteiger partial charge < -0.3 is 10.2 Å². The molecule has 0 saturated carbocycles. The van der Waals surface area contributed by atoms with Crippen molar-refractivity contribution in [1.82, 2.24) is 15.2 Å². The summed E-state index contributed by atoms with van der Waals surface area (Å²) in [5.41, 5.74) is 2.06. The van der Waals surface area contributed by atoms with E-state index in [2.05, 4.69) is 10.3 Å². The Morgan fingerprint density at radius 1 is 1.44 bits per heavy atom. The maximum absolute atomic E-state index is 12.0. The number of carbonyl (C=O) groups is 2. The lowest BCUT2D eigenvalue weighted by molar-refractivity contribution is -0.132. The number of nitrogens with one attached hydrogen (secondary N) is 1. The normalized spacial score (nSPS) is 20.6. The van der Waals surface area contributed by atoms with Gasteiger partial charge in [-0.25, -0.2) is 0 Å². The Bertz CT molecular complexity index is 473. The molecule has 5 heteroatoms. The van der Waals surface area contributed by atoms with Gasteiger partial charge in [-0.1, -0.05) is 6.07 Å². The Labute approximate surface area is 106 Å². The standard InChI is InChI=1S/C13H17N3O2/c1-9-3-11(6-14-5-9)8-16-10(2)4-12(17)15-7-13(16)18/h3,5-6,10H,4,7-8H2,1-2H3,(H,15,17). The van der Waals surface area contributed by atoms with Gasteiger partial charge in [0.1, 0.15) is 0 Å². The fourth-order valence-electron chi connectivity index (χ4n) is 2.12. The van der Waals surface area contributed by atoms with Crippen LogP contribution in [0.5, 0.6) is 0 Å². The Morgan fingerprint density at radius 2 is 2.22 bits per heavy atom. The molecule has 1 fully saturated rings. The molecule has 18 heavy (non-hydrogen) atoms. The summed E-state index contributed by atoms with van der Waals surface area (Å²) in [5.74, 6) is -0.115. The third-order valence-electron chi connectivity index (χ3n) is 3.05. The molecule has 1 aromatic heterocycles. The summed E-state index contributed by atoms with van der Waals surface area (Å²) in [6, 6.07) is 1.92. The van der Waals surface area contributed by atoms with E-state index < -0.39 is 0 Å². The number of hydrogen-bond acceptors (Lipinski definition) is 3. The Balaban J connectivity index is 2.15. The third kappa shape index (κ3) is 2.85. The van der Waals surface area contributed by atoms with Crippen molar-refractivity contribution in [2.45, 2.75) is 32.9 Å². The van der Waals surface area contributed by atoms with Crippen LogP contribution in [-0.2, 0) is 16.1 Å². The lowest BCUT2D eigenvalue weighted by Crippen LogP contribution is -2.39. The molecule has 1 N–H and O–H groups in total. The van der Waals surface area contributed by atoms with Crippen molar-refractivity contribution >= 4 is 11.8 Å². The minimum atomic E-state index is -0.0829. The maximum Gasteiger partial charge on any atom is 0.242 e. The first-order valence-corrected chi connectivity index (χ1v) is 6.03. The first-order valence-electron chi connectivity index (χ1n) is 6.03. The second-order valence-corrected chi connectivity index (χ2v) is 4.72. The average Bonchev–Trinajstić information content (AvgIpc) is 2.43. The summed E-state index contributed by atoms with van der Waals surface area (Å²) in [7, 11) is 0. The monoisotopic (exact) mass is 247 g/mol. The summed E-state index contributed by atoms with van der Waals surface area (Å²) in [6.45, 7) is 4.45. The summed E-state index contributed by atoms with van der Waals surface area (Å²) < 4.78 is 0. The van der Waals surface area contributed by atoms with Crippen LogP contribution in [0.15, 0.2) is 18.5 Å². The molecular weight excluding hydrogens is 230 g/mol. The first kappa shape index (κ1) is 12.5. The van der Waals surface area contributed by atoms with Crippen LogP contribution in [0.3, 0.4) is 0 Å². The highest BCUT2D eigenvalue weighted by Gasteiger charge is 2.26. The third-order valence-corrected chi connectivity index (χ3v) is 3.05. The Kier molecular flexibility index (Phi) is 3.60. The van der Waals surface area contributed by atoms with Crippen LogP contribution in [0.25, 0.3) is 0 Å². The van der Waals surface area contributed by atoms with Gasteiger partial charge in [-0.05, 0) is 25.0 Å². The van der Waals surface area contributed by atoms with E-state index in [9.17, 15) is 9.59 Å². The lowest BCUT2D eigenvalue weighted by Gasteiger charge is -2.26. The fourth-order valence-corrected chi connectivity index (χ4v) is 2.12. The number of carbonyl (C=O) groups excluding carboxylic acids is 2. The van der Waals surface area contributed by atoms with Crippen LogP contribution < -0.4 is 5.32 Å². The summed E-state index contributed by atoms with van der Waals surface area (Å²) >= 11 is 0. The maximum atomic E-state index is 12.0. The van der Waals surface area contributed by atoms with Crippen molar-refractivity contribution in [1.29, 1.82) is 0 Å². The predicted molar refractivity (Wildman–Crippen MR) is 66.6 cm³/mol. The van der Waals surface area contributed by atoms with Gasteiger partial charge in [0, 0.05) is 31.4 Å². The topological polar surface area (TPSA) is 62.3 Å². The van der Waals surface area contributed by atoms with E-state index in [4.69, 9.17) is 0 Å². The molecule has 1 aliphatic rings. The van der Waals surface area contributed by atoms with E-state index in [1.807, 2.05) is 19.9 Å². The molecule has 1 saturated heterocycles. The minimum Gasteiger partial charge on any atom is -0.347 e. The number of aryl methyl sites for hydroxylation is 1. The highest BCUT2D eigenvalue weighted by atomic mass is 16.2. The van der Waals surface area contributed by atoms with Gasteiger partial charge in [0.05, 0.1) is 6.54 Å². The zero-order valence-corrected chi connectivity index (χ0v) is 10.6. The molecule has 2 amide bonds. The zero-order valence-electron chi connectivity index (χ0n) is 10.6. The molecule has 0 aromatic carbocycles.